The minimum Gasteiger partial charge on any atom is -0.394 e. The Balaban J connectivity index is 2.36. The van der Waals surface area contributed by atoms with Gasteiger partial charge in [0, 0.05) is 0 Å². The zero-order valence-electron chi connectivity index (χ0n) is 15.2. The quantitative estimate of drug-likeness (QED) is 0.237. The van der Waals surface area contributed by atoms with Crippen LogP contribution >= 0.6 is 0 Å². The van der Waals surface area contributed by atoms with Crippen LogP contribution in [0, 0.1) is 0 Å². The van der Waals surface area contributed by atoms with Crippen LogP contribution in [0.2, 0.25) is 0 Å². The molecule has 3 heterocycles. The second-order valence-electron chi connectivity index (χ2n) is 6.73. The molecule has 0 aliphatic carbocycles. The Hall–Kier alpha value is -2.75. The average molecular weight is 411 g/mol. The Morgan fingerprint density at radius 1 is 1.38 bits per heavy atom. The molecule has 6 atom stereocenters. The number of aromatic nitrogens is 4. The molecule has 0 bridgehead atoms. The van der Waals surface area contributed by atoms with Crippen molar-refractivity contribution in [3.63, 3.8) is 0 Å². The fourth-order valence-electron chi connectivity index (χ4n) is 3.45. The number of nitrogens with zero attached hydrogens (tertiary/aromatic N) is 4. The SMILES string of the molecule is C[C@@H](O)[C@H](N)C(=O)[C@@]1(O)[C@H](O)[C@@H](CO)O[C@@]1(C(N)=O)n1cnc2c(N)ncnc21. The first-order valence-corrected chi connectivity index (χ1v) is 8.45. The molecule has 1 amide bonds. The van der Waals surface area contributed by atoms with E-state index in [4.69, 9.17) is 21.9 Å². The topological polar surface area (TPSA) is 246 Å². The van der Waals surface area contributed by atoms with E-state index in [-0.39, 0.29) is 17.0 Å². The number of nitrogens with two attached hydrogens (primary N) is 3. The highest BCUT2D eigenvalue weighted by atomic mass is 16.6. The maximum atomic E-state index is 13.0. The van der Waals surface area contributed by atoms with Gasteiger partial charge < -0.3 is 42.4 Å². The second kappa shape index (κ2) is 6.94. The third-order valence-corrected chi connectivity index (χ3v) is 5.03. The summed E-state index contributed by atoms with van der Waals surface area (Å²) in [6.45, 7) is 0.281. The minimum atomic E-state index is -3.12. The number of ether oxygens (including phenoxy) is 1. The second-order valence-corrected chi connectivity index (χ2v) is 6.73. The first kappa shape index (κ1) is 21.0. The van der Waals surface area contributed by atoms with Crippen molar-refractivity contribution in [1.82, 2.24) is 19.5 Å². The molecule has 1 saturated heterocycles. The predicted molar refractivity (Wildman–Crippen MR) is 94.5 cm³/mol. The van der Waals surface area contributed by atoms with Crippen LogP contribution < -0.4 is 17.2 Å². The molecule has 158 valence electrons. The van der Waals surface area contributed by atoms with Gasteiger partial charge in [0.05, 0.1) is 18.8 Å². The molecule has 10 N–H and O–H groups in total. The van der Waals surface area contributed by atoms with Gasteiger partial charge in [0.2, 0.25) is 5.60 Å². The molecule has 1 aliphatic rings. The lowest BCUT2D eigenvalue weighted by molar-refractivity contribution is -0.202. The van der Waals surface area contributed by atoms with Gasteiger partial charge in [-0.05, 0) is 6.92 Å². The van der Waals surface area contributed by atoms with E-state index in [1.807, 2.05) is 0 Å². The van der Waals surface area contributed by atoms with E-state index in [2.05, 4.69) is 15.0 Å². The van der Waals surface area contributed by atoms with Crippen molar-refractivity contribution in [2.24, 2.45) is 11.5 Å². The van der Waals surface area contributed by atoms with Gasteiger partial charge in [0.25, 0.3) is 11.6 Å². The van der Waals surface area contributed by atoms with Crippen molar-refractivity contribution in [2.45, 2.75) is 42.6 Å². The number of hydrogen-bond donors (Lipinski definition) is 7. The molecule has 3 rings (SSSR count). The van der Waals surface area contributed by atoms with E-state index in [9.17, 15) is 30.0 Å². The predicted octanol–water partition coefficient (Wildman–Crippen LogP) is -4.69. The van der Waals surface area contributed by atoms with Gasteiger partial charge in [-0.3, -0.25) is 14.2 Å². The van der Waals surface area contributed by atoms with Crippen LogP contribution in [-0.4, -0.2) is 88.2 Å². The van der Waals surface area contributed by atoms with Gasteiger partial charge in [0.1, 0.15) is 30.4 Å². The summed E-state index contributed by atoms with van der Waals surface area (Å²) in [6, 6.07) is -1.73. The van der Waals surface area contributed by atoms with E-state index in [0.29, 0.717) is 0 Å². The Morgan fingerprint density at radius 2 is 2.03 bits per heavy atom. The number of aliphatic hydroxyl groups excluding tert-OH is 3. The number of anilines is 1. The number of hydrogen-bond acceptors (Lipinski definition) is 12. The molecule has 14 heteroatoms. The van der Waals surface area contributed by atoms with Gasteiger partial charge in [-0.15, -0.1) is 0 Å². The number of imidazole rings is 1. The molecule has 0 unspecified atom stereocenters. The van der Waals surface area contributed by atoms with Crippen LogP contribution in [-0.2, 0) is 20.1 Å². The molecule has 0 spiro atoms. The molecule has 1 fully saturated rings. The maximum Gasteiger partial charge on any atom is 0.275 e. The number of nitrogen functional groups attached to an aromatic ring is 1. The van der Waals surface area contributed by atoms with E-state index in [1.165, 1.54) is 6.92 Å². The van der Waals surface area contributed by atoms with Gasteiger partial charge in [-0.25, -0.2) is 15.0 Å². The highest BCUT2D eigenvalue weighted by molar-refractivity contribution is 6.01. The Morgan fingerprint density at radius 3 is 2.59 bits per heavy atom. The molecular weight excluding hydrogens is 390 g/mol. The summed E-state index contributed by atoms with van der Waals surface area (Å²) < 4.78 is 6.28. The summed E-state index contributed by atoms with van der Waals surface area (Å²) >= 11 is 0. The van der Waals surface area contributed by atoms with Crippen LogP contribution in [0.3, 0.4) is 0 Å². The summed E-state index contributed by atoms with van der Waals surface area (Å²) in [4.78, 5) is 37.3. The Bertz CT molecular complexity index is 966. The number of ketones is 1. The van der Waals surface area contributed by atoms with E-state index in [1.54, 1.807) is 0 Å². The van der Waals surface area contributed by atoms with Gasteiger partial charge in [0.15, 0.2) is 17.2 Å². The molecular formula is C15H21N7O7. The van der Waals surface area contributed by atoms with Crippen molar-refractivity contribution >= 4 is 28.7 Å². The van der Waals surface area contributed by atoms with E-state index in [0.717, 1.165) is 17.2 Å². The largest absolute Gasteiger partial charge is 0.394 e. The first-order chi connectivity index (χ1) is 13.5. The molecule has 0 saturated carbocycles. The molecule has 0 radical (unpaired) electrons. The van der Waals surface area contributed by atoms with Crippen molar-refractivity contribution in [2.75, 3.05) is 12.3 Å². The van der Waals surface area contributed by atoms with E-state index >= 15 is 0 Å². The molecule has 2 aromatic heterocycles. The van der Waals surface area contributed by atoms with Gasteiger partial charge >= 0.3 is 0 Å². The molecule has 14 nitrogen and oxygen atoms in total. The summed E-state index contributed by atoms with van der Waals surface area (Å²) in [5.74, 6) is -2.85. The average Bonchev–Trinajstić information content (AvgIpc) is 3.20. The lowest BCUT2D eigenvalue weighted by Gasteiger charge is -2.40. The summed E-state index contributed by atoms with van der Waals surface area (Å²) in [5.41, 5.74) is 10.8. The Labute approximate surface area is 162 Å². The van der Waals surface area contributed by atoms with Gasteiger partial charge in [-0.2, -0.15) is 0 Å². The van der Waals surface area contributed by atoms with Crippen LogP contribution in [0.1, 0.15) is 6.92 Å². The minimum absolute atomic E-state index is 0.00622. The molecule has 29 heavy (non-hydrogen) atoms. The van der Waals surface area contributed by atoms with E-state index < -0.39 is 54.0 Å². The highest BCUT2D eigenvalue weighted by Crippen LogP contribution is 2.46. The van der Waals surface area contributed by atoms with Crippen molar-refractivity contribution < 1.29 is 34.8 Å². The monoisotopic (exact) mass is 411 g/mol. The third kappa shape index (κ3) is 2.61. The number of fused-ring (bicyclic) bond motifs is 1. The maximum absolute atomic E-state index is 13.0. The lowest BCUT2D eigenvalue weighted by Crippen LogP contribution is -2.71. The zero-order valence-corrected chi connectivity index (χ0v) is 15.2. The molecule has 0 aromatic carbocycles. The number of carbonyl (C=O) groups excluding carboxylic acids is 2. The molecule has 2 aromatic rings. The summed E-state index contributed by atoms with van der Waals surface area (Å²) in [7, 11) is 0. The van der Waals surface area contributed by atoms with Crippen molar-refractivity contribution in [3.05, 3.63) is 12.7 Å². The first-order valence-electron chi connectivity index (χ1n) is 8.45. The number of rotatable bonds is 6. The van der Waals surface area contributed by atoms with Gasteiger partial charge in [-0.1, -0.05) is 0 Å². The third-order valence-electron chi connectivity index (χ3n) is 5.03. The van der Waals surface area contributed by atoms with Crippen LogP contribution in [0.15, 0.2) is 12.7 Å². The Kier molecular flexibility index (Phi) is 5.02. The zero-order chi connectivity index (χ0) is 21.7. The normalized spacial score (nSPS) is 31.7. The molecule has 1 aliphatic heterocycles. The standard InChI is InChI=1S/C15H21N7O7/c1-5(24)7(16)10(26)14(28)9(25)6(2-23)29-15(14,13(18)27)22-4-21-8-11(17)19-3-20-12(8)22/h3-7,9,23-25,28H,2,16H2,1H3,(H2,18,27)(H2,17,19,20)/t5-,6-,7+,9-,14+,15-/m1/s1. The number of carbonyl (C=O) groups is 2. The number of amides is 1. The summed E-state index contributed by atoms with van der Waals surface area (Å²) in [6.07, 6.45) is -3.24. The fraction of sp³-hybridized carbons (Fsp3) is 0.533. The van der Waals surface area contributed by atoms with Crippen LogP contribution in [0.25, 0.3) is 11.2 Å². The van der Waals surface area contributed by atoms with Crippen LogP contribution in [0.5, 0.6) is 0 Å². The lowest BCUT2D eigenvalue weighted by atomic mass is 9.77. The summed E-state index contributed by atoms with van der Waals surface area (Å²) in [5, 5.41) is 41.3. The smallest absolute Gasteiger partial charge is 0.275 e. The number of aliphatic hydroxyl groups is 4. The number of Topliss-reactive ketones (excluding diaryl/α,β-unsaturated/α-hetero) is 1. The van der Waals surface area contributed by atoms with Crippen molar-refractivity contribution in [1.29, 1.82) is 0 Å². The van der Waals surface area contributed by atoms with Crippen LogP contribution in [0.4, 0.5) is 5.82 Å². The number of primary amides is 1. The van der Waals surface area contributed by atoms with Crippen molar-refractivity contribution in [3.8, 4) is 0 Å². The highest BCUT2D eigenvalue weighted by Gasteiger charge is 2.74. The fourth-order valence-corrected chi connectivity index (χ4v) is 3.45.